The minimum absolute atomic E-state index is 0.332. The molecular weight excluding hydrogens is 267 g/mol. The van der Waals surface area contributed by atoms with Crippen LogP contribution >= 0.6 is 0 Å². The summed E-state index contributed by atoms with van der Waals surface area (Å²) in [6.45, 7) is 4.40. The molecule has 2 rings (SSSR count). The minimum Gasteiger partial charge on any atom is -0.497 e. The summed E-state index contributed by atoms with van der Waals surface area (Å²) in [6, 6.07) is 11.2. The molecule has 0 aliphatic rings. The molecule has 2 N–H and O–H groups in total. The lowest BCUT2D eigenvalue weighted by Gasteiger charge is -2.12. The molecule has 0 heterocycles. The maximum atomic E-state index is 9.35. The Hall–Kier alpha value is -1.98. The molecule has 5 heteroatoms. The number of hydrogen-bond acceptors (Lipinski definition) is 4. The SMILES string of the molecule is COc1ccc(COc2cc(C)cc(C)c2)cc1B(O)O. The fourth-order valence-corrected chi connectivity index (χ4v) is 2.26. The van der Waals surface area contributed by atoms with Crippen LogP contribution < -0.4 is 14.9 Å². The van der Waals surface area contributed by atoms with Crippen molar-refractivity contribution in [3.05, 3.63) is 53.1 Å². The molecule has 0 aliphatic carbocycles. The van der Waals surface area contributed by atoms with Crippen molar-refractivity contribution in [3.8, 4) is 11.5 Å². The van der Waals surface area contributed by atoms with Crippen LogP contribution in [0.3, 0.4) is 0 Å². The zero-order valence-electron chi connectivity index (χ0n) is 12.5. The van der Waals surface area contributed by atoms with E-state index in [0.29, 0.717) is 17.8 Å². The smallest absolute Gasteiger partial charge is 0.492 e. The topological polar surface area (TPSA) is 58.9 Å². The molecule has 110 valence electrons. The Morgan fingerprint density at radius 1 is 1.00 bits per heavy atom. The maximum absolute atomic E-state index is 9.35. The van der Waals surface area contributed by atoms with E-state index in [2.05, 4.69) is 6.07 Å². The van der Waals surface area contributed by atoms with E-state index in [1.807, 2.05) is 32.0 Å². The molecule has 0 spiro atoms. The highest BCUT2D eigenvalue weighted by atomic mass is 16.5. The van der Waals surface area contributed by atoms with E-state index >= 15 is 0 Å². The molecule has 21 heavy (non-hydrogen) atoms. The Labute approximate surface area is 125 Å². The van der Waals surface area contributed by atoms with Crippen LogP contribution in [0.25, 0.3) is 0 Å². The first-order valence-corrected chi connectivity index (χ1v) is 6.73. The summed E-state index contributed by atoms with van der Waals surface area (Å²) in [5, 5.41) is 18.7. The summed E-state index contributed by atoms with van der Waals surface area (Å²) in [4.78, 5) is 0. The van der Waals surface area contributed by atoms with E-state index in [9.17, 15) is 10.0 Å². The van der Waals surface area contributed by atoms with Gasteiger partial charge in [-0.2, -0.15) is 0 Å². The fourth-order valence-electron chi connectivity index (χ4n) is 2.26. The van der Waals surface area contributed by atoms with Crippen molar-refractivity contribution in [3.63, 3.8) is 0 Å². The van der Waals surface area contributed by atoms with E-state index in [1.165, 1.54) is 7.11 Å². The van der Waals surface area contributed by atoms with Crippen molar-refractivity contribution in [2.75, 3.05) is 7.11 Å². The van der Waals surface area contributed by atoms with Gasteiger partial charge >= 0.3 is 7.12 Å². The molecule has 0 atom stereocenters. The average Bonchev–Trinajstić information content (AvgIpc) is 2.43. The summed E-state index contributed by atoms with van der Waals surface area (Å²) < 4.78 is 10.9. The summed E-state index contributed by atoms with van der Waals surface area (Å²) in [7, 11) is -0.0754. The largest absolute Gasteiger partial charge is 0.497 e. The molecule has 0 fully saturated rings. The Bertz CT molecular complexity index is 605. The van der Waals surface area contributed by atoms with E-state index < -0.39 is 7.12 Å². The molecule has 0 aliphatic heterocycles. The molecule has 0 unspecified atom stereocenters. The molecule has 0 aromatic heterocycles. The van der Waals surface area contributed by atoms with Gasteiger partial charge in [-0.15, -0.1) is 0 Å². The minimum atomic E-state index is -1.57. The van der Waals surface area contributed by atoms with E-state index in [4.69, 9.17) is 9.47 Å². The van der Waals surface area contributed by atoms with Crippen LogP contribution in [0.2, 0.25) is 0 Å². The van der Waals surface area contributed by atoms with Crippen LogP contribution in [-0.4, -0.2) is 24.3 Å². The molecule has 4 nitrogen and oxygen atoms in total. The molecular formula is C16H19BO4. The highest BCUT2D eigenvalue weighted by molar-refractivity contribution is 6.59. The van der Waals surface area contributed by atoms with Gasteiger partial charge in [-0.1, -0.05) is 18.2 Å². The third-order valence-corrected chi connectivity index (χ3v) is 3.17. The second-order valence-corrected chi connectivity index (χ2v) is 5.06. The highest BCUT2D eigenvalue weighted by Gasteiger charge is 2.17. The highest BCUT2D eigenvalue weighted by Crippen LogP contribution is 2.18. The predicted molar refractivity (Wildman–Crippen MR) is 83.1 cm³/mol. The average molecular weight is 286 g/mol. The lowest BCUT2D eigenvalue weighted by Crippen LogP contribution is -2.31. The summed E-state index contributed by atoms with van der Waals surface area (Å²) in [5.41, 5.74) is 3.47. The van der Waals surface area contributed by atoms with Gasteiger partial charge in [0.15, 0.2) is 0 Å². The number of methoxy groups -OCH3 is 1. The lowest BCUT2D eigenvalue weighted by molar-refractivity contribution is 0.305. The Kier molecular flexibility index (Phi) is 4.88. The normalized spacial score (nSPS) is 10.3. The standard InChI is InChI=1S/C16H19BO4/c1-11-6-12(2)8-14(7-11)21-10-13-4-5-16(20-3)15(9-13)17(18)19/h4-9,18-19H,10H2,1-3H3. The third kappa shape index (κ3) is 4.00. The first-order chi connectivity index (χ1) is 9.99. The Morgan fingerprint density at radius 2 is 1.67 bits per heavy atom. The number of hydrogen-bond donors (Lipinski definition) is 2. The third-order valence-electron chi connectivity index (χ3n) is 3.17. The lowest BCUT2D eigenvalue weighted by atomic mass is 9.79. The second-order valence-electron chi connectivity index (χ2n) is 5.06. The van der Waals surface area contributed by atoms with Crippen LogP contribution in [0.1, 0.15) is 16.7 Å². The van der Waals surface area contributed by atoms with Gasteiger partial charge in [0.25, 0.3) is 0 Å². The van der Waals surface area contributed by atoms with Crippen LogP contribution in [0.15, 0.2) is 36.4 Å². The van der Waals surface area contributed by atoms with E-state index in [0.717, 1.165) is 22.4 Å². The summed E-state index contributed by atoms with van der Waals surface area (Å²) in [5.74, 6) is 1.24. The molecule has 0 saturated heterocycles. The Morgan fingerprint density at radius 3 is 2.24 bits per heavy atom. The van der Waals surface area contributed by atoms with Gasteiger partial charge in [0.2, 0.25) is 0 Å². The fraction of sp³-hybridized carbons (Fsp3) is 0.250. The number of aryl methyl sites for hydroxylation is 2. The molecule has 0 amide bonds. The quantitative estimate of drug-likeness (QED) is 0.819. The second kappa shape index (κ2) is 6.65. The van der Waals surface area contributed by atoms with Gasteiger partial charge < -0.3 is 19.5 Å². The Balaban J connectivity index is 2.14. The van der Waals surface area contributed by atoms with Crippen molar-refractivity contribution in [1.82, 2.24) is 0 Å². The molecule has 0 radical (unpaired) electrons. The number of ether oxygens (including phenoxy) is 2. The summed E-state index contributed by atoms with van der Waals surface area (Å²) in [6.07, 6.45) is 0. The predicted octanol–water partition coefficient (Wildman–Crippen LogP) is 1.57. The van der Waals surface area contributed by atoms with E-state index in [1.54, 1.807) is 12.1 Å². The van der Waals surface area contributed by atoms with Gasteiger partial charge in [-0.05, 0) is 48.7 Å². The van der Waals surface area contributed by atoms with Gasteiger partial charge in [0.1, 0.15) is 18.1 Å². The first kappa shape index (κ1) is 15.4. The zero-order valence-corrected chi connectivity index (χ0v) is 12.5. The van der Waals surface area contributed by atoms with Crippen molar-refractivity contribution in [2.45, 2.75) is 20.5 Å². The molecule has 2 aromatic carbocycles. The van der Waals surface area contributed by atoms with Gasteiger partial charge in [0, 0.05) is 5.46 Å². The maximum Gasteiger partial charge on any atom is 0.492 e. The molecule has 0 saturated carbocycles. The van der Waals surface area contributed by atoms with Crippen molar-refractivity contribution < 1.29 is 19.5 Å². The van der Waals surface area contributed by atoms with Crippen LogP contribution in [0.5, 0.6) is 11.5 Å². The van der Waals surface area contributed by atoms with Crippen molar-refractivity contribution >= 4 is 12.6 Å². The van der Waals surface area contributed by atoms with Crippen LogP contribution in [0, 0.1) is 13.8 Å². The van der Waals surface area contributed by atoms with Crippen LogP contribution in [-0.2, 0) is 6.61 Å². The van der Waals surface area contributed by atoms with Gasteiger partial charge in [-0.3, -0.25) is 0 Å². The molecule has 0 bridgehead atoms. The summed E-state index contributed by atoms with van der Waals surface area (Å²) >= 11 is 0. The molecule has 2 aromatic rings. The van der Waals surface area contributed by atoms with Crippen molar-refractivity contribution in [2.24, 2.45) is 0 Å². The number of benzene rings is 2. The van der Waals surface area contributed by atoms with Gasteiger partial charge in [-0.25, -0.2) is 0 Å². The number of rotatable bonds is 5. The zero-order chi connectivity index (χ0) is 15.4. The van der Waals surface area contributed by atoms with Crippen molar-refractivity contribution in [1.29, 1.82) is 0 Å². The van der Waals surface area contributed by atoms with E-state index in [-0.39, 0.29) is 0 Å². The first-order valence-electron chi connectivity index (χ1n) is 6.73. The van der Waals surface area contributed by atoms with Crippen LogP contribution in [0.4, 0.5) is 0 Å². The monoisotopic (exact) mass is 286 g/mol. The van der Waals surface area contributed by atoms with Gasteiger partial charge in [0.05, 0.1) is 7.11 Å².